The van der Waals surface area contributed by atoms with E-state index in [0.29, 0.717) is 0 Å². The SMILES string of the molecule is C=C/C=C(/CC)C(=C)c1cccs1. The van der Waals surface area contributed by atoms with Gasteiger partial charge < -0.3 is 0 Å². The molecule has 0 aliphatic carbocycles. The second-order valence-corrected chi connectivity index (χ2v) is 3.68. The van der Waals surface area contributed by atoms with Crippen LogP contribution in [0.5, 0.6) is 0 Å². The lowest BCUT2D eigenvalue weighted by Gasteiger charge is -2.05. The largest absolute Gasteiger partial charge is 0.144 e. The third kappa shape index (κ3) is 2.43. The van der Waals surface area contributed by atoms with E-state index in [1.165, 1.54) is 10.5 Å². The van der Waals surface area contributed by atoms with Crippen molar-refractivity contribution in [2.24, 2.45) is 0 Å². The minimum Gasteiger partial charge on any atom is -0.144 e. The van der Waals surface area contributed by atoms with Gasteiger partial charge in [-0.25, -0.2) is 0 Å². The summed E-state index contributed by atoms with van der Waals surface area (Å²) in [6, 6.07) is 4.14. The third-order valence-electron chi connectivity index (χ3n) is 1.91. The van der Waals surface area contributed by atoms with Crippen LogP contribution in [-0.2, 0) is 0 Å². The van der Waals surface area contributed by atoms with Crippen LogP contribution in [0.3, 0.4) is 0 Å². The highest BCUT2D eigenvalue weighted by molar-refractivity contribution is 7.11. The molecule has 68 valence electrons. The van der Waals surface area contributed by atoms with E-state index < -0.39 is 0 Å². The number of rotatable bonds is 4. The highest BCUT2D eigenvalue weighted by Gasteiger charge is 2.02. The molecule has 0 saturated carbocycles. The summed E-state index contributed by atoms with van der Waals surface area (Å²) >= 11 is 1.73. The highest BCUT2D eigenvalue weighted by atomic mass is 32.1. The molecule has 0 fully saturated rings. The summed E-state index contributed by atoms with van der Waals surface area (Å²) < 4.78 is 0. The average Bonchev–Trinajstić information content (AvgIpc) is 2.65. The minimum atomic E-state index is 1.00. The van der Waals surface area contributed by atoms with Gasteiger partial charge in [-0.3, -0.25) is 0 Å². The van der Waals surface area contributed by atoms with Crippen LogP contribution >= 0.6 is 11.3 Å². The van der Waals surface area contributed by atoms with Crippen molar-refractivity contribution in [3.8, 4) is 0 Å². The van der Waals surface area contributed by atoms with E-state index in [9.17, 15) is 0 Å². The molecule has 0 radical (unpaired) electrons. The average molecular weight is 190 g/mol. The predicted molar refractivity (Wildman–Crippen MR) is 61.9 cm³/mol. The molecule has 0 spiro atoms. The number of thiophene rings is 1. The molecule has 0 nitrogen and oxygen atoms in total. The van der Waals surface area contributed by atoms with Gasteiger partial charge >= 0.3 is 0 Å². The van der Waals surface area contributed by atoms with Crippen LogP contribution in [0, 0.1) is 0 Å². The molecule has 1 heterocycles. The van der Waals surface area contributed by atoms with Gasteiger partial charge in [0.1, 0.15) is 0 Å². The van der Waals surface area contributed by atoms with E-state index >= 15 is 0 Å². The molecule has 0 N–H and O–H groups in total. The lowest BCUT2D eigenvalue weighted by Crippen LogP contribution is -1.83. The van der Waals surface area contributed by atoms with Crippen molar-refractivity contribution in [1.82, 2.24) is 0 Å². The summed E-state index contributed by atoms with van der Waals surface area (Å²) in [6.07, 6.45) is 4.85. The normalized spacial score (nSPS) is 11.3. The zero-order chi connectivity index (χ0) is 9.68. The van der Waals surface area contributed by atoms with Gasteiger partial charge in [0.25, 0.3) is 0 Å². The van der Waals surface area contributed by atoms with Crippen LogP contribution in [0.1, 0.15) is 18.2 Å². The first kappa shape index (κ1) is 10.0. The van der Waals surface area contributed by atoms with Gasteiger partial charge in [0, 0.05) is 4.88 Å². The Morgan fingerprint density at radius 2 is 2.38 bits per heavy atom. The predicted octanol–water partition coefficient (Wildman–Crippen LogP) is 4.28. The fraction of sp³-hybridized carbons (Fsp3) is 0.167. The summed E-state index contributed by atoms with van der Waals surface area (Å²) in [5, 5.41) is 2.07. The van der Waals surface area contributed by atoms with E-state index in [2.05, 4.69) is 31.5 Å². The van der Waals surface area contributed by atoms with Crippen LogP contribution in [0.15, 0.2) is 48.4 Å². The van der Waals surface area contributed by atoms with Crippen molar-refractivity contribution < 1.29 is 0 Å². The Labute approximate surface area is 83.9 Å². The molecule has 0 aromatic carbocycles. The number of allylic oxidation sites excluding steroid dienone is 4. The van der Waals surface area contributed by atoms with Gasteiger partial charge in [0.05, 0.1) is 0 Å². The van der Waals surface area contributed by atoms with E-state index in [1.807, 2.05) is 18.2 Å². The molecular formula is C12H14S. The summed E-state index contributed by atoms with van der Waals surface area (Å²) in [6.45, 7) is 9.91. The van der Waals surface area contributed by atoms with E-state index in [0.717, 1.165) is 12.0 Å². The van der Waals surface area contributed by atoms with Crippen molar-refractivity contribution in [1.29, 1.82) is 0 Å². The van der Waals surface area contributed by atoms with Gasteiger partial charge in [-0.1, -0.05) is 38.3 Å². The molecule has 1 heteroatoms. The van der Waals surface area contributed by atoms with Crippen molar-refractivity contribution in [3.05, 3.63) is 53.3 Å². The second kappa shape index (κ2) is 4.83. The summed E-state index contributed by atoms with van der Waals surface area (Å²) in [5.74, 6) is 0. The van der Waals surface area contributed by atoms with Crippen molar-refractivity contribution in [3.63, 3.8) is 0 Å². The molecular weight excluding hydrogens is 176 g/mol. The fourth-order valence-electron chi connectivity index (χ4n) is 1.18. The maximum Gasteiger partial charge on any atom is 0.0339 e. The highest BCUT2D eigenvalue weighted by Crippen LogP contribution is 2.26. The molecule has 0 unspecified atom stereocenters. The zero-order valence-corrected chi connectivity index (χ0v) is 8.73. The summed E-state index contributed by atoms with van der Waals surface area (Å²) in [5.41, 5.74) is 2.38. The Balaban J connectivity index is 2.89. The van der Waals surface area contributed by atoms with E-state index in [-0.39, 0.29) is 0 Å². The Kier molecular flexibility index (Phi) is 3.71. The van der Waals surface area contributed by atoms with Crippen LogP contribution < -0.4 is 0 Å². The summed E-state index contributed by atoms with van der Waals surface area (Å²) in [4.78, 5) is 1.25. The van der Waals surface area contributed by atoms with Crippen LogP contribution in [0.4, 0.5) is 0 Å². The van der Waals surface area contributed by atoms with E-state index in [4.69, 9.17) is 0 Å². The molecule has 0 saturated heterocycles. The number of hydrogen-bond acceptors (Lipinski definition) is 1. The Hall–Kier alpha value is -1.08. The van der Waals surface area contributed by atoms with Gasteiger partial charge in [0.15, 0.2) is 0 Å². The molecule has 0 amide bonds. The van der Waals surface area contributed by atoms with Crippen molar-refractivity contribution in [2.75, 3.05) is 0 Å². The smallest absolute Gasteiger partial charge is 0.0339 e. The maximum absolute atomic E-state index is 4.08. The quantitative estimate of drug-likeness (QED) is 0.621. The molecule has 0 atom stereocenters. The first-order valence-electron chi connectivity index (χ1n) is 4.34. The first-order valence-corrected chi connectivity index (χ1v) is 5.22. The van der Waals surface area contributed by atoms with Gasteiger partial charge in [-0.2, -0.15) is 0 Å². The van der Waals surface area contributed by atoms with Crippen LogP contribution in [-0.4, -0.2) is 0 Å². The second-order valence-electron chi connectivity index (χ2n) is 2.74. The Morgan fingerprint density at radius 3 is 2.85 bits per heavy atom. The molecule has 1 aromatic rings. The lowest BCUT2D eigenvalue weighted by atomic mass is 10.0. The van der Waals surface area contributed by atoms with Crippen LogP contribution in [0.2, 0.25) is 0 Å². The molecule has 0 bridgehead atoms. The Morgan fingerprint density at radius 1 is 1.62 bits per heavy atom. The van der Waals surface area contributed by atoms with Gasteiger partial charge in [-0.05, 0) is 29.0 Å². The van der Waals surface area contributed by atoms with Gasteiger partial charge in [-0.15, -0.1) is 11.3 Å². The fourth-order valence-corrected chi connectivity index (χ4v) is 1.92. The molecule has 0 aliphatic rings. The van der Waals surface area contributed by atoms with Crippen LogP contribution in [0.25, 0.3) is 5.57 Å². The molecule has 0 aliphatic heterocycles. The Bertz CT molecular complexity index is 315. The third-order valence-corrected chi connectivity index (χ3v) is 2.84. The zero-order valence-electron chi connectivity index (χ0n) is 7.92. The molecule has 13 heavy (non-hydrogen) atoms. The topological polar surface area (TPSA) is 0 Å². The van der Waals surface area contributed by atoms with Crippen molar-refractivity contribution in [2.45, 2.75) is 13.3 Å². The minimum absolute atomic E-state index is 1.00. The number of hydrogen-bond donors (Lipinski definition) is 0. The summed E-state index contributed by atoms with van der Waals surface area (Å²) in [7, 11) is 0. The standard InChI is InChI=1S/C12H14S/c1-4-7-11(5-2)10(3)12-8-6-9-13-12/h4,6-9H,1,3,5H2,2H3/b11-7-. The maximum atomic E-state index is 4.08. The lowest BCUT2D eigenvalue weighted by molar-refractivity contribution is 1.16. The monoisotopic (exact) mass is 190 g/mol. The molecule has 1 aromatic heterocycles. The first-order chi connectivity index (χ1) is 6.29. The van der Waals surface area contributed by atoms with Gasteiger partial charge in [0.2, 0.25) is 0 Å². The van der Waals surface area contributed by atoms with Crippen molar-refractivity contribution >= 4 is 16.9 Å². The molecule has 1 rings (SSSR count). The van der Waals surface area contributed by atoms with E-state index in [1.54, 1.807) is 11.3 Å².